The molecule has 0 aliphatic heterocycles. The zero-order valence-corrected chi connectivity index (χ0v) is 24.9. The number of sulfonamides is 1. The number of amides is 2. The van der Waals surface area contributed by atoms with Gasteiger partial charge in [-0.2, -0.15) is 0 Å². The van der Waals surface area contributed by atoms with Crippen molar-refractivity contribution >= 4 is 27.5 Å². The van der Waals surface area contributed by atoms with Crippen LogP contribution in [0.25, 0.3) is 0 Å². The van der Waals surface area contributed by atoms with Crippen molar-refractivity contribution in [1.29, 1.82) is 0 Å². The molecular weight excluding hydrogens is 526 g/mol. The number of ether oxygens (including phenoxy) is 1. The predicted octanol–water partition coefficient (Wildman–Crippen LogP) is 4.70. The Bertz CT molecular complexity index is 1400. The number of hydrogen-bond donors (Lipinski definition) is 1. The quantitative estimate of drug-likeness (QED) is 0.344. The highest BCUT2D eigenvalue weighted by Crippen LogP contribution is 2.28. The van der Waals surface area contributed by atoms with Gasteiger partial charge in [0.2, 0.25) is 11.8 Å². The third-order valence-corrected chi connectivity index (χ3v) is 8.34. The molecule has 9 heteroatoms. The van der Waals surface area contributed by atoms with Gasteiger partial charge in [0.25, 0.3) is 10.0 Å². The molecule has 40 heavy (non-hydrogen) atoms. The molecule has 3 rings (SSSR count). The van der Waals surface area contributed by atoms with E-state index in [1.807, 2.05) is 52.0 Å². The number of hydrogen-bond acceptors (Lipinski definition) is 5. The minimum Gasteiger partial charge on any atom is -0.497 e. The summed E-state index contributed by atoms with van der Waals surface area (Å²) in [5.41, 5.74) is 3.09. The van der Waals surface area contributed by atoms with E-state index in [0.29, 0.717) is 12.3 Å². The summed E-state index contributed by atoms with van der Waals surface area (Å²) in [6.07, 6.45) is 0. The Morgan fingerprint density at radius 3 is 2.08 bits per heavy atom. The van der Waals surface area contributed by atoms with E-state index in [-0.39, 0.29) is 29.0 Å². The number of methoxy groups -OCH3 is 1. The van der Waals surface area contributed by atoms with Crippen LogP contribution >= 0.6 is 0 Å². The summed E-state index contributed by atoms with van der Waals surface area (Å²) in [4.78, 5) is 28.5. The van der Waals surface area contributed by atoms with E-state index in [1.165, 1.54) is 24.1 Å². The summed E-state index contributed by atoms with van der Waals surface area (Å²) in [6.45, 7) is 9.58. The Kier molecular flexibility index (Phi) is 10.3. The zero-order chi connectivity index (χ0) is 29.4. The molecule has 0 bridgehead atoms. The van der Waals surface area contributed by atoms with Crippen molar-refractivity contribution in [2.75, 3.05) is 24.5 Å². The van der Waals surface area contributed by atoms with Gasteiger partial charge in [-0.1, -0.05) is 67.4 Å². The van der Waals surface area contributed by atoms with Crippen LogP contribution in [0, 0.1) is 19.8 Å². The minimum absolute atomic E-state index is 0.0570. The third kappa shape index (κ3) is 7.85. The normalized spacial score (nSPS) is 12.1. The van der Waals surface area contributed by atoms with Crippen molar-refractivity contribution in [1.82, 2.24) is 10.2 Å². The van der Waals surface area contributed by atoms with Crippen LogP contribution in [0.2, 0.25) is 0 Å². The monoisotopic (exact) mass is 565 g/mol. The highest BCUT2D eigenvalue weighted by atomic mass is 32.2. The van der Waals surface area contributed by atoms with Crippen LogP contribution in [0.1, 0.15) is 37.5 Å². The Balaban J connectivity index is 2.02. The van der Waals surface area contributed by atoms with Gasteiger partial charge in [0.05, 0.1) is 17.7 Å². The van der Waals surface area contributed by atoms with E-state index < -0.39 is 28.5 Å². The number of nitrogens with zero attached hydrogens (tertiary/aromatic N) is 2. The van der Waals surface area contributed by atoms with E-state index in [9.17, 15) is 18.0 Å². The Labute approximate surface area is 238 Å². The number of nitrogens with one attached hydrogen (secondary N) is 1. The predicted molar refractivity (Wildman–Crippen MR) is 158 cm³/mol. The van der Waals surface area contributed by atoms with Gasteiger partial charge in [0, 0.05) is 19.2 Å². The standard InChI is InChI=1S/C31H39N3O5S/c1-22(2)19-32-31(36)25(5)33(20-26-14-10-23(3)11-15-26)30(35)21-34(27-8-7-9-28(18-27)39-6)40(37,38)29-16-12-24(4)13-17-29/h7-18,22,25H,19-21H2,1-6H3,(H,32,36)/t25-/m0/s1. The molecule has 0 saturated heterocycles. The second kappa shape index (κ2) is 13.5. The molecule has 214 valence electrons. The maximum Gasteiger partial charge on any atom is 0.264 e. The number of rotatable bonds is 12. The van der Waals surface area contributed by atoms with Crippen LogP contribution in [-0.4, -0.2) is 51.4 Å². The van der Waals surface area contributed by atoms with Gasteiger partial charge in [-0.15, -0.1) is 0 Å². The van der Waals surface area contributed by atoms with Crippen molar-refractivity contribution in [3.05, 3.63) is 89.5 Å². The second-order valence-electron chi connectivity index (χ2n) is 10.3. The first-order chi connectivity index (χ1) is 18.9. The molecule has 0 heterocycles. The average molecular weight is 566 g/mol. The van der Waals surface area contributed by atoms with E-state index in [0.717, 1.165) is 21.0 Å². The Morgan fingerprint density at radius 2 is 1.50 bits per heavy atom. The smallest absolute Gasteiger partial charge is 0.264 e. The molecule has 0 aliphatic carbocycles. The molecule has 0 aliphatic rings. The van der Waals surface area contributed by atoms with Crippen LogP contribution in [0.4, 0.5) is 5.69 Å². The van der Waals surface area contributed by atoms with Gasteiger partial charge < -0.3 is 15.0 Å². The summed E-state index contributed by atoms with van der Waals surface area (Å²) < 4.78 is 34.2. The van der Waals surface area contributed by atoms with Gasteiger partial charge in [0.15, 0.2) is 0 Å². The lowest BCUT2D eigenvalue weighted by atomic mass is 10.1. The van der Waals surface area contributed by atoms with Gasteiger partial charge in [-0.05, 0) is 56.5 Å². The molecule has 2 amide bonds. The molecule has 0 aromatic heterocycles. The maximum atomic E-state index is 14.0. The van der Waals surface area contributed by atoms with Gasteiger partial charge in [0.1, 0.15) is 18.3 Å². The van der Waals surface area contributed by atoms with Crippen LogP contribution < -0.4 is 14.4 Å². The topological polar surface area (TPSA) is 96.0 Å². The fraction of sp³-hybridized carbons (Fsp3) is 0.355. The van der Waals surface area contributed by atoms with Crippen molar-refractivity contribution < 1.29 is 22.7 Å². The molecule has 0 saturated carbocycles. The van der Waals surface area contributed by atoms with E-state index in [4.69, 9.17) is 4.74 Å². The van der Waals surface area contributed by atoms with Gasteiger partial charge >= 0.3 is 0 Å². The van der Waals surface area contributed by atoms with Crippen LogP contribution in [-0.2, 0) is 26.2 Å². The zero-order valence-electron chi connectivity index (χ0n) is 24.0. The molecule has 0 spiro atoms. The number of aryl methyl sites for hydroxylation is 2. The van der Waals surface area contributed by atoms with Crippen molar-refractivity contribution in [3.8, 4) is 5.75 Å². The summed E-state index contributed by atoms with van der Waals surface area (Å²) >= 11 is 0. The van der Waals surface area contributed by atoms with Crippen LogP contribution in [0.15, 0.2) is 77.7 Å². The SMILES string of the molecule is COc1cccc(N(CC(=O)N(Cc2ccc(C)cc2)[C@@H](C)C(=O)NCC(C)C)S(=O)(=O)c2ccc(C)cc2)c1. The lowest BCUT2D eigenvalue weighted by molar-refractivity contribution is -0.139. The third-order valence-electron chi connectivity index (χ3n) is 6.55. The van der Waals surface area contributed by atoms with Gasteiger partial charge in [-0.25, -0.2) is 8.42 Å². The number of benzene rings is 3. The molecule has 8 nitrogen and oxygen atoms in total. The molecule has 0 radical (unpaired) electrons. The number of carbonyl (C=O) groups excluding carboxylic acids is 2. The molecule has 0 fully saturated rings. The largest absolute Gasteiger partial charge is 0.497 e. The van der Waals surface area contributed by atoms with Crippen LogP contribution in [0.3, 0.4) is 0 Å². The van der Waals surface area contributed by atoms with E-state index >= 15 is 0 Å². The first-order valence-electron chi connectivity index (χ1n) is 13.3. The molecule has 0 unspecified atom stereocenters. The lowest BCUT2D eigenvalue weighted by Gasteiger charge is -2.32. The molecule has 1 N–H and O–H groups in total. The highest BCUT2D eigenvalue weighted by molar-refractivity contribution is 7.92. The fourth-order valence-corrected chi connectivity index (χ4v) is 5.46. The van der Waals surface area contributed by atoms with Crippen molar-refractivity contribution in [3.63, 3.8) is 0 Å². The van der Waals surface area contributed by atoms with Crippen LogP contribution in [0.5, 0.6) is 5.75 Å². The van der Waals surface area contributed by atoms with E-state index in [2.05, 4.69) is 5.32 Å². The Hall–Kier alpha value is -3.85. The first-order valence-corrected chi connectivity index (χ1v) is 14.7. The Morgan fingerprint density at radius 1 is 0.900 bits per heavy atom. The number of carbonyl (C=O) groups is 2. The molecule has 3 aromatic rings. The first kappa shape index (κ1) is 30.7. The highest BCUT2D eigenvalue weighted by Gasteiger charge is 2.32. The fourth-order valence-electron chi connectivity index (χ4n) is 4.06. The van der Waals surface area contributed by atoms with E-state index in [1.54, 1.807) is 43.3 Å². The van der Waals surface area contributed by atoms with Crippen molar-refractivity contribution in [2.24, 2.45) is 5.92 Å². The summed E-state index contributed by atoms with van der Waals surface area (Å²) in [5.74, 6) is -0.123. The summed E-state index contributed by atoms with van der Waals surface area (Å²) in [7, 11) is -2.65. The average Bonchev–Trinajstić information content (AvgIpc) is 2.93. The second-order valence-corrected chi connectivity index (χ2v) is 12.2. The summed E-state index contributed by atoms with van der Waals surface area (Å²) in [6, 6.07) is 19.9. The maximum absolute atomic E-state index is 14.0. The molecule has 1 atom stereocenters. The summed E-state index contributed by atoms with van der Waals surface area (Å²) in [5, 5.41) is 2.89. The lowest BCUT2D eigenvalue weighted by Crippen LogP contribution is -2.51. The minimum atomic E-state index is -4.14. The molecular formula is C31H39N3O5S. The molecule has 3 aromatic carbocycles. The van der Waals surface area contributed by atoms with Crippen molar-refractivity contribution in [2.45, 2.75) is 52.1 Å². The van der Waals surface area contributed by atoms with Gasteiger partial charge in [-0.3, -0.25) is 13.9 Å². The number of anilines is 1.